The second-order valence-corrected chi connectivity index (χ2v) is 5.59. The van der Waals surface area contributed by atoms with E-state index in [9.17, 15) is 9.18 Å². The molecule has 1 aliphatic heterocycles. The first kappa shape index (κ1) is 13.8. The van der Waals surface area contributed by atoms with Crippen LogP contribution in [0, 0.1) is 5.82 Å². The summed E-state index contributed by atoms with van der Waals surface area (Å²) in [4.78, 5) is 17.2. The fourth-order valence-electron chi connectivity index (χ4n) is 3.01. The van der Waals surface area contributed by atoms with Gasteiger partial charge in [-0.3, -0.25) is 9.89 Å². The molecule has 2 aromatic heterocycles. The summed E-state index contributed by atoms with van der Waals surface area (Å²) in [5, 5.41) is 7.52. The van der Waals surface area contributed by atoms with Gasteiger partial charge in [0.25, 0.3) is 5.91 Å². The number of carbonyl (C=O) groups excluding carboxylic acids is 1. The van der Waals surface area contributed by atoms with Crippen LogP contribution in [-0.2, 0) is 0 Å². The van der Waals surface area contributed by atoms with Gasteiger partial charge in [-0.05, 0) is 36.3 Å². The molecule has 0 radical (unpaired) electrons. The van der Waals surface area contributed by atoms with Crippen molar-refractivity contribution in [2.75, 3.05) is 13.1 Å². The largest absolute Gasteiger partial charge is 0.360 e. The number of amides is 1. The molecule has 0 atom stereocenters. The van der Waals surface area contributed by atoms with Crippen LogP contribution in [0.1, 0.15) is 22.5 Å². The van der Waals surface area contributed by atoms with Gasteiger partial charge in [0, 0.05) is 41.9 Å². The molecule has 3 aromatic rings. The number of fused-ring (bicyclic) bond motifs is 1. The van der Waals surface area contributed by atoms with Gasteiger partial charge in [0.1, 0.15) is 11.5 Å². The van der Waals surface area contributed by atoms with Crippen LogP contribution < -0.4 is 0 Å². The lowest BCUT2D eigenvalue weighted by Gasteiger charge is -2.26. The Hall–Kier alpha value is -2.89. The molecule has 3 heterocycles. The predicted octanol–water partition coefficient (Wildman–Crippen LogP) is 2.96. The Labute approximate surface area is 131 Å². The number of hydrogen-bond donors (Lipinski definition) is 2. The standard InChI is InChI=1S/C17H15FN4O/c18-12-1-2-13-14(10-19-16(13)9-12)11-4-7-22(8-5-11)17(23)15-3-6-20-21-15/h1-4,6,9-10,19H,5,7-8H2,(H,20,21). The third-order valence-corrected chi connectivity index (χ3v) is 4.22. The van der Waals surface area contributed by atoms with Crippen molar-refractivity contribution in [2.45, 2.75) is 6.42 Å². The van der Waals surface area contributed by atoms with Gasteiger partial charge in [0.2, 0.25) is 0 Å². The van der Waals surface area contributed by atoms with E-state index in [1.807, 2.05) is 6.20 Å². The Morgan fingerprint density at radius 3 is 2.96 bits per heavy atom. The molecule has 0 unspecified atom stereocenters. The summed E-state index contributed by atoms with van der Waals surface area (Å²) in [5.41, 5.74) is 3.55. The van der Waals surface area contributed by atoms with Gasteiger partial charge in [-0.2, -0.15) is 5.10 Å². The highest BCUT2D eigenvalue weighted by Crippen LogP contribution is 2.29. The van der Waals surface area contributed by atoms with Gasteiger partial charge in [-0.15, -0.1) is 0 Å². The summed E-state index contributed by atoms with van der Waals surface area (Å²) in [5.74, 6) is -0.293. The van der Waals surface area contributed by atoms with E-state index >= 15 is 0 Å². The Bertz CT molecular complexity index is 895. The first-order chi connectivity index (χ1) is 11.2. The van der Waals surface area contributed by atoms with Crippen molar-refractivity contribution in [3.05, 3.63) is 59.8 Å². The Kier molecular flexibility index (Phi) is 3.22. The minimum atomic E-state index is -0.250. The van der Waals surface area contributed by atoms with Gasteiger partial charge in [0.05, 0.1) is 0 Å². The van der Waals surface area contributed by atoms with Gasteiger partial charge >= 0.3 is 0 Å². The highest BCUT2D eigenvalue weighted by Gasteiger charge is 2.21. The smallest absolute Gasteiger partial charge is 0.272 e. The molecule has 6 heteroatoms. The third-order valence-electron chi connectivity index (χ3n) is 4.22. The lowest BCUT2D eigenvalue weighted by Crippen LogP contribution is -2.34. The summed E-state index contributed by atoms with van der Waals surface area (Å²) in [6.45, 7) is 1.21. The molecule has 1 aliphatic rings. The summed E-state index contributed by atoms with van der Waals surface area (Å²) in [6, 6.07) is 6.43. The van der Waals surface area contributed by atoms with Crippen LogP contribution in [0.5, 0.6) is 0 Å². The molecule has 0 saturated heterocycles. The van der Waals surface area contributed by atoms with Crippen molar-refractivity contribution >= 4 is 22.4 Å². The molecule has 0 saturated carbocycles. The quantitative estimate of drug-likeness (QED) is 0.764. The fraction of sp³-hybridized carbons (Fsp3) is 0.176. The average Bonchev–Trinajstić information content (AvgIpc) is 3.23. The van der Waals surface area contributed by atoms with Crippen molar-refractivity contribution in [1.82, 2.24) is 20.1 Å². The number of carbonyl (C=O) groups is 1. The zero-order valence-electron chi connectivity index (χ0n) is 12.3. The van der Waals surface area contributed by atoms with E-state index in [2.05, 4.69) is 21.3 Å². The van der Waals surface area contributed by atoms with Gasteiger partial charge in [-0.1, -0.05) is 6.08 Å². The van der Waals surface area contributed by atoms with E-state index in [1.165, 1.54) is 17.7 Å². The Balaban J connectivity index is 1.58. The van der Waals surface area contributed by atoms with E-state index in [4.69, 9.17) is 0 Å². The van der Waals surface area contributed by atoms with Crippen LogP contribution in [0.25, 0.3) is 16.5 Å². The van der Waals surface area contributed by atoms with Crippen molar-refractivity contribution in [3.63, 3.8) is 0 Å². The molecular formula is C17H15FN4O. The number of aromatic nitrogens is 3. The summed E-state index contributed by atoms with van der Waals surface area (Å²) in [7, 11) is 0. The van der Waals surface area contributed by atoms with Crippen molar-refractivity contribution in [3.8, 4) is 0 Å². The van der Waals surface area contributed by atoms with E-state index < -0.39 is 0 Å². The monoisotopic (exact) mass is 310 g/mol. The van der Waals surface area contributed by atoms with Crippen LogP contribution >= 0.6 is 0 Å². The summed E-state index contributed by atoms with van der Waals surface area (Å²) in [6.07, 6.45) is 6.31. The SMILES string of the molecule is O=C(c1ccn[nH]1)N1CC=C(c2c[nH]c3cc(F)ccc23)CC1. The number of nitrogens with one attached hydrogen (secondary N) is 2. The highest BCUT2D eigenvalue weighted by atomic mass is 19.1. The molecular weight excluding hydrogens is 295 g/mol. The van der Waals surface area contributed by atoms with Crippen LogP contribution in [0.4, 0.5) is 4.39 Å². The van der Waals surface area contributed by atoms with Crippen molar-refractivity contribution in [1.29, 1.82) is 0 Å². The van der Waals surface area contributed by atoms with Gasteiger partial charge < -0.3 is 9.88 Å². The van der Waals surface area contributed by atoms with E-state index in [-0.39, 0.29) is 11.7 Å². The maximum absolute atomic E-state index is 13.3. The Morgan fingerprint density at radius 1 is 1.30 bits per heavy atom. The topological polar surface area (TPSA) is 64.8 Å². The summed E-state index contributed by atoms with van der Waals surface area (Å²) < 4.78 is 13.3. The average molecular weight is 310 g/mol. The van der Waals surface area contributed by atoms with E-state index in [1.54, 1.807) is 23.2 Å². The lowest BCUT2D eigenvalue weighted by atomic mass is 9.99. The number of rotatable bonds is 2. The first-order valence-electron chi connectivity index (χ1n) is 7.47. The van der Waals surface area contributed by atoms with E-state index in [0.29, 0.717) is 18.8 Å². The van der Waals surface area contributed by atoms with Crippen LogP contribution in [0.3, 0.4) is 0 Å². The molecule has 116 valence electrons. The Morgan fingerprint density at radius 2 is 2.22 bits per heavy atom. The fourth-order valence-corrected chi connectivity index (χ4v) is 3.01. The molecule has 23 heavy (non-hydrogen) atoms. The highest BCUT2D eigenvalue weighted by molar-refractivity contribution is 5.95. The zero-order chi connectivity index (χ0) is 15.8. The number of benzene rings is 1. The number of halogens is 1. The minimum absolute atomic E-state index is 0.0428. The van der Waals surface area contributed by atoms with Gasteiger partial charge in [0.15, 0.2) is 0 Å². The molecule has 0 fully saturated rings. The first-order valence-corrected chi connectivity index (χ1v) is 7.47. The molecule has 1 aromatic carbocycles. The predicted molar refractivity (Wildman–Crippen MR) is 85.3 cm³/mol. The molecule has 5 nitrogen and oxygen atoms in total. The summed E-state index contributed by atoms with van der Waals surface area (Å²) >= 11 is 0. The van der Waals surface area contributed by atoms with Crippen molar-refractivity contribution < 1.29 is 9.18 Å². The number of hydrogen-bond acceptors (Lipinski definition) is 2. The zero-order valence-corrected chi connectivity index (χ0v) is 12.3. The number of H-pyrrole nitrogens is 2. The molecule has 0 spiro atoms. The second-order valence-electron chi connectivity index (χ2n) is 5.59. The normalized spacial score (nSPS) is 15.0. The number of aromatic amines is 2. The maximum atomic E-state index is 13.3. The third kappa shape index (κ3) is 2.42. The number of nitrogens with zero attached hydrogens (tertiary/aromatic N) is 2. The van der Waals surface area contributed by atoms with Crippen LogP contribution in [0.15, 0.2) is 42.7 Å². The van der Waals surface area contributed by atoms with Gasteiger partial charge in [-0.25, -0.2) is 4.39 Å². The maximum Gasteiger partial charge on any atom is 0.272 e. The molecule has 0 bridgehead atoms. The second kappa shape index (κ2) is 5.39. The minimum Gasteiger partial charge on any atom is -0.360 e. The molecule has 2 N–H and O–H groups in total. The van der Waals surface area contributed by atoms with E-state index in [0.717, 1.165) is 22.9 Å². The van der Waals surface area contributed by atoms with Crippen LogP contribution in [0.2, 0.25) is 0 Å². The lowest BCUT2D eigenvalue weighted by molar-refractivity contribution is 0.0767. The molecule has 4 rings (SSSR count). The molecule has 0 aliphatic carbocycles. The molecule has 1 amide bonds. The van der Waals surface area contributed by atoms with Crippen LogP contribution in [-0.4, -0.2) is 39.1 Å². The van der Waals surface area contributed by atoms with Crippen molar-refractivity contribution in [2.24, 2.45) is 0 Å².